The molecule has 0 N–H and O–H groups in total. The van der Waals surface area contributed by atoms with Gasteiger partial charge in [0.1, 0.15) is 0 Å². The van der Waals surface area contributed by atoms with Crippen LogP contribution in [-0.4, -0.2) is 60.5 Å². The third-order valence-corrected chi connectivity index (χ3v) is 4.08. The summed E-state index contributed by atoms with van der Waals surface area (Å²) in [6.07, 6.45) is 4.06. The van der Waals surface area contributed by atoms with E-state index >= 15 is 0 Å². The Kier molecular flexibility index (Phi) is 4.24. The van der Waals surface area contributed by atoms with Gasteiger partial charge in [0.2, 0.25) is 5.91 Å². The van der Waals surface area contributed by atoms with E-state index in [4.69, 9.17) is 9.15 Å². The van der Waals surface area contributed by atoms with Crippen molar-refractivity contribution in [2.45, 2.75) is 25.4 Å². The Balaban J connectivity index is 1.48. The van der Waals surface area contributed by atoms with Crippen molar-refractivity contribution in [1.29, 1.82) is 0 Å². The highest BCUT2D eigenvalue weighted by atomic mass is 16.5. The van der Waals surface area contributed by atoms with Crippen LogP contribution < -0.4 is 0 Å². The number of hydrogen-bond acceptors (Lipinski definition) is 4. The fourth-order valence-electron chi connectivity index (χ4n) is 2.84. The van der Waals surface area contributed by atoms with Gasteiger partial charge in [-0.3, -0.25) is 9.59 Å². The summed E-state index contributed by atoms with van der Waals surface area (Å²) in [7, 11) is 0. The van der Waals surface area contributed by atoms with Crippen LogP contribution in [0.1, 0.15) is 29.8 Å². The maximum atomic E-state index is 12.2. The number of carbonyl (C=O) groups is 2. The molecular weight excluding hydrogens is 272 g/mol. The van der Waals surface area contributed by atoms with Crippen LogP contribution in [0.15, 0.2) is 22.8 Å². The molecular formula is C15H20N2O4. The van der Waals surface area contributed by atoms with Crippen LogP contribution in [0, 0.1) is 0 Å². The molecule has 0 spiro atoms. The minimum atomic E-state index is -0.105. The maximum Gasteiger partial charge on any atom is 0.289 e. The lowest BCUT2D eigenvalue weighted by atomic mass is 10.1. The van der Waals surface area contributed by atoms with Crippen molar-refractivity contribution < 1.29 is 18.7 Å². The van der Waals surface area contributed by atoms with Crippen molar-refractivity contribution in [3.05, 3.63) is 24.2 Å². The molecule has 1 aromatic rings. The second-order valence-electron chi connectivity index (χ2n) is 5.49. The SMILES string of the molecule is O=C(CC1CCCO1)N1CCN(C(=O)c2ccco2)CC1. The Bertz CT molecular complexity index is 486. The van der Waals surface area contributed by atoms with Gasteiger partial charge in [-0.15, -0.1) is 0 Å². The van der Waals surface area contributed by atoms with E-state index in [1.807, 2.05) is 4.90 Å². The minimum Gasteiger partial charge on any atom is -0.459 e. The first-order valence-electron chi connectivity index (χ1n) is 7.46. The zero-order valence-corrected chi connectivity index (χ0v) is 12.0. The van der Waals surface area contributed by atoms with Crippen molar-refractivity contribution in [1.82, 2.24) is 9.80 Å². The van der Waals surface area contributed by atoms with Gasteiger partial charge in [-0.2, -0.15) is 0 Å². The molecule has 0 bridgehead atoms. The monoisotopic (exact) mass is 292 g/mol. The normalized spacial score (nSPS) is 22.6. The molecule has 6 heteroatoms. The van der Waals surface area contributed by atoms with E-state index in [9.17, 15) is 9.59 Å². The van der Waals surface area contributed by atoms with Crippen molar-refractivity contribution in [2.75, 3.05) is 32.8 Å². The maximum absolute atomic E-state index is 12.2. The Morgan fingerprint density at radius 1 is 1.19 bits per heavy atom. The highest BCUT2D eigenvalue weighted by Gasteiger charge is 2.28. The lowest BCUT2D eigenvalue weighted by Crippen LogP contribution is -2.51. The van der Waals surface area contributed by atoms with Crippen molar-refractivity contribution in [2.24, 2.45) is 0 Å². The zero-order valence-electron chi connectivity index (χ0n) is 12.0. The second kappa shape index (κ2) is 6.30. The molecule has 3 rings (SSSR count). The van der Waals surface area contributed by atoms with Crippen LogP contribution in [0.5, 0.6) is 0 Å². The predicted octanol–water partition coefficient (Wildman–Crippen LogP) is 1.13. The molecule has 2 saturated heterocycles. The Morgan fingerprint density at radius 3 is 2.57 bits per heavy atom. The number of ether oxygens (including phenoxy) is 1. The third kappa shape index (κ3) is 3.26. The van der Waals surface area contributed by atoms with Gasteiger partial charge in [0.05, 0.1) is 18.8 Å². The number of furan rings is 1. The Hall–Kier alpha value is -1.82. The summed E-state index contributed by atoms with van der Waals surface area (Å²) in [5.74, 6) is 0.382. The van der Waals surface area contributed by atoms with Crippen molar-refractivity contribution >= 4 is 11.8 Å². The van der Waals surface area contributed by atoms with Crippen LogP contribution in [0.3, 0.4) is 0 Å². The summed E-state index contributed by atoms with van der Waals surface area (Å²) in [4.78, 5) is 27.9. The summed E-state index contributed by atoms with van der Waals surface area (Å²) >= 11 is 0. The van der Waals surface area contributed by atoms with E-state index in [1.165, 1.54) is 6.26 Å². The highest BCUT2D eigenvalue weighted by molar-refractivity contribution is 5.91. The molecule has 2 aliphatic heterocycles. The summed E-state index contributed by atoms with van der Waals surface area (Å²) in [5.41, 5.74) is 0. The highest BCUT2D eigenvalue weighted by Crippen LogP contribution is 2.17. The fourth-order valence-corrected chi connectivity index (χ4v) is 2.84. The first-order chi connectivity index (χ1) is 10.2. The second-order valence-corrected chi connectivity index (χ2v) is 5.49. The number of piperazine rings is 1. The molecule has 3 heterocycles. The summed E-state index contributed by atoms with van der Waals surface area (Å²) in [6.45, 7) is 3.03. The van der Waals surface area contributed by atoms with Crippen LogP contribution in [-0.2, 0) is 9.53 Å². The lowest BCUT2D eigenvalue weighted by Gasteiger charge is -2.34. The molecule has 2 amide bonds. The van der Waals surface area contributed by atoms with E-state index in [0.29, 0.717) is 38.4 Å². The van der Waals surface area contributed by atoms with Gasteiger partial charge in [-0.25, -0.2) is 0 Å². The third-order valence-electron chi connectivity index (χ3n) is 4.08. The van der Waals surface area contributed by atoms with E-state index in [0.717, 1.165) is 19.4 Å². The lowest BCUT2D eigenvalue weighted by molar-refractivity contribution is -0.134. The molecule has 2 fully saturated rings. The van der Waals surface area contributed by atoms with E-state index in [1.54, 1.807) is 17.0 Å². The Morgan fingerprint density at radius 2 is 1.95 bits per heavy atom. The topological polar surface area (TPSA) is 63.0 Å². The summed E-state index contributed by atoms with van der Waals surface area (Å²) in [5, 5.41) is 0. The van der Waals surface area contributed by atoms with Gasteiger partial charge in [-0.05, 0) is 25.0 Å². The molecule has 1 aromatic heterocycles. The molecule has 1 unspecified atom stereocenters. The number of amides is 2. The predicted molar refractivity (Wildman–Crippen MR) is 74.8 cm³/mol. The average molecular weight is 292 g/mol. The number of rotatable bonds is 3. The summed E-state index contributed by atoms with van der Waals surface area (Å²) < 4.78 is 10.6. The zero-order chi connectivity index (χ0) is 14.7. The van der Waals surface area contributed by atoms with E-state index in [-0.39, 0.29) is 17.9 Å². The molecule has 0 saturated carbocycles. The molecule has 2 aliphatic rings. The van der Waals surface area contributed by atoms with Gasteiger partial charge in [0, 0.05) is 32.8 Å². The molecule has 21 heavy (non-hydrogen) atoms. The largest absolute Gasteiger partial charge is 0.459 e. The quantitative estimate of drug-likeness (QED) is 0.838. The molecule has 114 valence electrons. The molecule has 6 nitrogen and oxygen atoms in total. The van der Waals surface area contributed by atoms with Gasteiger partial charge in [0.15, 0.2) is 5.76 Å². The average Bonchev–Trinajstić information content (AvgIpc) is 3.20. The molecule has 1 atom stereocenters. The van der Waals surface area contributed by atoms with Crippen LogP contribution in [0.4, 0.5) is 0 Å². The van der Waals surface area contributed by atoms with E-state index in [2.05, 4.69) is 0 Å². The van der Waals surface area contributed by atoms with Crippen LogP contribution in [0.25, 0.3) is 0 Å². The number of hydrogen-bond donors (Lipinski definition) is 0. The number of carbonyl (C=O) groups excluding carboxylic acids is 2. The van der Waals surface area contributed by atoms with Crippen molar-refractivity contribution in [3.8, 4) is 0 Å². The van der Waals surface area contributed by atoms with Crippen LogP contribution in [0.2, 0.25) is 0 Å². The molecule has 0 aromatic carbocycles. The standard InChI is InChI=1S/C15H20N2O4/c18-14(11-12-3-1-9-20-12)16-5-7-17(8-6-16)15(19)13-4-2-10-21-13/h2,4,10,12H,1,3,5-9,11H2. The fraction of sp³-hybridized carbons (Fsp3) is 0.600. The minimum absolute atomic E-state index is 0.0836. The molecule has 0 radical (unpaired) electrons. The van der Waals surface area contributed by atoms with E-state index < -0.39 is 0 Å². The first-order valence-corrected chi connectivity index (χ1v) is 7.46. The van der Waals surface area contributed by atoms with Crippen LogP contribution >= 0.6 is 0 Å². The van der Waals surface area contributed by atoms with Gasteiger partial charge in [0.25, 0.3) is 5.91 Å². The molecule has 0 aliphatic carbocycles. The summed E-state index contributed by atoms with van der Waals surface area (Å²) in [6, 6.07) is 3.37. The smallest absolute Gasteiger partial charge is 0.289 e. The Labute approximate surface area is 123 Å². The first kappa shape index (κ1) is 14.1. The van der Waals surface area contributed by atoms with Crippen molar-refractivity contribution in [3.63, 3.8) is 0 Å². The number of nitrogens with zero attached hydrogens (tertiary/aromatic N) is 2. The van der Waals surface area contributed by atoms with Gasteiger partial charge < -0.3 is 19.0 Å². The van der Waals surface area contributed by atoms with Gasteiger partial charge >= 0.3 is 0 Å². The van der Waals surface area contributed by atoms with Gasteiger partial charge in [-0.1, -0.05) is 0 Å².